The zero-order chi connectivity index (χ0) is 13.9. The summed E-state index contributed by atoms with van der Waals surface area (Å²) in [4.78, 5) is 5.22. The molecular formula is C14H12N4OS. The molecule has 4 N–H and O–H groups in total. The van der Waals surface area contributed by atoms with Crippen LogP contribution in [0.5, 0.6) is 0 Å². The maximum atomic E-state index is 7.29. The maximum Gasteiger partial charge on any atom is 0.299 e. The first-order valence-electron chi connectivity index (χ1n) is 5.93. The Bertz CT molecular complexity index is 733. The molecule has 0 spiro atoms. The molecule has 0 radical (unpaired) electrons. The molecule has 20 heavy (non-hydrogen) atoms. The number of aromatic nitrogens is 1. The number of benzene rings is 1. The molecule has 0 aliphatic carbocycles. The lowest BCUT2D eigenvalue weighted by Crippen LogP contribution is -1.96. The van der Waals surface area contributed by atoms with Crippen molar-refractivity contribution < 1.29 is 4.42 Å². The molecule has 3 aromatic rings. The van der Waals surface area contributed by atoms with E-state index in [0.29, 0.717) is 17.3 Å². The summed E-state index contributed by atoms with van der Waals surface area (Å²) in [6, 6.07) is 9.69. The lowest BCUT2D eigenvalue weighted by Gasteiger charge is -2.05. The van der Waals surface area contributed by atoms with E-state index in [1.54, 1.807) is 29.7 Å². The smallest absolute Gasteiger partial charge is 0.299 e. The average molecular weight is 284 g/mol. The molecule has 5 nitrogen and oxygen atoms in total. The van der Waals surface area contributed by atoms with Gasteiger partial charge in [-0.15, -0.1) is 11.3 Å². The molecule has 3 rings (SSSR count). The van der Waals surface area contributed by atoms with E-state index in [-0.39, 0.29) is 0 Å². The van der Waals surface area contributed by atoms with Crippen LogP contribution in [0.2, 0.25) is 0 Å². The van der Waals surface area contributed by atoms with Crippen molar-refractivity contribution in [2.45, 2.75) is 0 Å². The van der Waals surface area contributed by atoms with Crippen LogP contribution in [-0.2, 0) is 0 Å². The van der Waals surface area contributed by atoms with Gasteiger partial charge in [0.25, 0.3) is 6.01 Å². The lowest BCUT2D eigenvalue weighted by atomic mass is 10.2. The van der Waals surface area contributed by atoms with Crippen LogP contribution >= 0.6 is 11.3 Å². The van der Waals surface area contributed by atoms with Crippen molar-refractivity contribution in [1.29, 1.82) is 5.41 Å². The van der Waals surface area contributed by atoms with E-state index in [1.165, 1.54) is 6.21 Å². The van der Waals surface area contributed by atoms with Crippen LogP contribution in [0, 0.1) is 5.41 Å². The van der Waals surface area contributed by atoms with Crippen LogP contribution in [0.4, 0.5) is 17.4 Å². The highest BCUT2D eigenvalue weighted by Crippen LogP contribution is 2.28. The second-order valence-corrected chi connectivity index (χ2v) is 5.07. The molecule has 0 aliphatic heterocycles. The predicted molar refractivity (Wildman–Crippen MR) is 81.8 cm³/mol. The number of nitrogens with two attached hydrogens (primary N) is 1. The first-order chi connectivity index (χ1) is 9.76. The monoisotopic (exact) mass is 284 g/mol. The molecule has 0 fully saturated rings. The number of anilines is 3. The molecule has 6 heteroatoms. The van der Waals surface area contributed by atoms with Crippen molar-refractivity contribution >= 4 is 34.9 Å². The van der Waals surface area contributed by atoms with Crippen molar-refractivity contribution in [2.24, 2.45) is 0 Å². The summed E-state index contributed by atoms with van der Waals surface area (Å²) in [6.07, 6.45) is 2.90. The Hall–Kier alpha value is -2.60. The molecule has 0 aliphatic rings. The normalized spacial score (nSPS) is 10.4. The second-order valence-electron chi connectivity index (χ2n) is 4.12. The van der Waals surface area contributed by atoms with Gasteiger partial charge in [0, 0.05) is 23.2 Å². The minimum atomic E-state index is 0.411. The standard InChI is InChI=1S/C14H12N4OS/c15-7-9-6-10(3-4-11(9)16)18-14-17-8-12(19-14)13-2-1-5-20-13/h1-8,15H,16H2,(H,17,18). The molecule has 0 atom stereocenters. The molecule has 0 amide bonds. The minimum Gasteiger partial charge on any atom is -0.422 e. The van der Waals surface area contributed by atoms with Gasteiger partial charge in [-0.25, -0.2) is 4.98 Å². The van der Waals surface area contributed by atoms with Crippen LogP contribution in [-0.4, -0.2) is 11.2 Å². The molecule has 0 bridgehead atoms. The SMILES string of the molecule is N=Cc1cc(Nc2ncc(-c3cccs3)o2)ccc1N. The first-order valence-corrected chi connectivity index (χ1v) is 6.81. The number of hydrogen-bond donors (Lipinski definition) is 3. The number of hydrogen-bond acceptors (Lipinski definition) is 6. The van der Waals surface area contributed by atoms with Gasteiger partial charge in [-0.1, -0.05) is 6.07 Å². The van der Waals surface area contributed by atoms with Gasteiger partial charge >= 0.3 is 0 Å². The average Bonchev–Trinajstić information content (AvgIpc) is 3.11. The van der Waals surface area contributed by atoms with Crippen molar-refractivity contribution in [3.63, 3.8) is 0 Å². The fourth-order valence-electron chi connectivity index (χ4n) is 1.77. The largest absolute Gasteiger partial charge is 0.422 e. The van der Waals surface area contributed by atoms with E-state index < -0.39 is 0 Å². The summed E-state index contributed by atoms with van der Waals surface area (Å²) in [5, 5.41) is 12.3. The highest BCUT2D eigenvalue weighted by Gasteiger charge is 2.08. The zero-order valence-electron chi connectivity index (χ0n) is 10.5. The Morgan fingerprint density at radius 2 is 2.25 bits per heavy atom. The Morgan fingerprint density at radius 1 is 1.35 bits per heavy atom. The third-order valence-corrected chi connectivity index (χ3v) is 3.65. The van der Waals surface area contributed by atoms with Crippen LogP contribution in [0.25, 0.3) is 10.6 Å². The van der Waals surface area contributed by atoms with Gasteiger partial charge in [-0.05, 0) is 29.6 Å². The van der Waals surface area contributed by atoms with Gasteiger partial charge in [-0.3, -0.25) is 0 Å². The predicted octanol–water partition coefficient (Wildman–Crippen LogP) is 3.73. The van der Waals surface area contributed by atoms with Gasteiger partial charge in [-0.2, -0.15) is 0 Å². The molecular weight excluding hydrogens is 272 g/mol. The Labute approximate surface area is 119 Å². The summed E-state index contributed by atoms with van der Waals surface area (Å²) in [7, 11) is 0. The number of rotatable bonds is 4. The van der Waals surface area contributed by atoms with Crippen molar-refractivity contribution in [2.75, 3.05) is 11.1 Å². The van der Waals surface area contributed by atoms with E-state index in [9.17, 15) is 0 Å². The third kappa shape index (κ3) is 2.41. The summed E-state index contributed by atoms with van der Waals surface area (Å²) in [6.45, 7) is 0. The highest BCUT2D eigenvalue weighted by molar-refractivity contribution is 7.13. The molecule has 2 aromatic heterocycles. The molecule has 1 aromatic carbocycles. The maximum absolute atomic E-state index is 7.29. The number of oxazole rings is 1. The van der Waals surface area contributed by atoms with Gasteiger partial charge in [0.2, 0.25) is 0 Å². The van der Waals surface area contributed by atoms with Crippen molar-refractivity contribution in [3.05, 3.63) is 47.5 Å². The van der Waals surface area contributed by atoms with Crippen molar-refractivity contribution in [3.8, 4) is 10.6 Å². The van der Waals surface area contributed by atoms with E-state index in [2.05, 4.69) is 10.3 Å². The third-order valence-electron chi connectivity index (χ3n) is 2.76. The Kier molecular flexibility index (Phi) is 3.22. The highest BCUT2D eigenvalue weighted by atomic mass is 32.1. The Balaban J connectivity index is 1.83. The van der Waals surface area contributed by atoms with Crippen LogP contribution < -0.4 is 11.1 Å². The van der Waals surface area contributed by atoms with Gasteiger partial charge in [0.15, 0.2) is 5.76 Å². The van der Waals surface area contributed by atoms with E-state index >= 15 is 0 Å². The summed E-state index contributed by atoms with van der Waals surface area (Å²) >= 11 is 1.60. The van der Waals surface area contributed by atoms with E-state index in [0.717, 1.165) is 16.3 Å². The first kappa shape index (κ1) is 12.4. The molecule has 100 valence electrons. The van der Waals surface area contributed by atoms with Gasteiger partial charge < -0.3 is 20.9 Å². The van der Waals surface area contributed by atoms with Crippen LogP contribution in [0.15, 0.2) is 46.3 Å². The quantitative estimate of drug-likeness (QED) is 0.503. The topological polar surface area (TPSA) is 87.9 Å². The van der Waals surface area contributed by atoms with E-state index in [1.807, 2.05) is 23.6 Å². The van der Waals surface area contributed by atoms with E-state index in [4.69, 9.17) is 15.6 Å². The summed E-state index contributed by atoms with van der Waals surface area (Å²) in [5.74, 6) is 0.727. The molecule has 0 saturated heterocycles. The Morgan fingerprint density at radius 3 is 3.00 bits per heavy atom. The van der Waals surface area contributed by atoms with Gasteiger partial charge in [0.1, 0.15) is 0 Å². The molecule has 0 unspecified atom stereocenters. The summed E-state index contributed by atoms with van der Waals surface area (Å²) < 4.78 is 5.64. The van der Waals surface area contributed by atoms with Crippen LogP contribution in [0.1, 0.15) is 5.56 Å². The molecule has 0 saturated carbocycles. The lowest BCUT2D eigenvalue weighted by molar-refractivity contribution is 0.593. The fraction of sp³-hybridized carbons (Fsp3) is 0. The fourth-order valence-corrected chi connectivity index (χ4v) is 2.44. The number of nitrogens with one attached hydrogen (secondary N) is 2. The number of nitrogen functional groups attached to an aromatic ring is 1. The number of nitrogens with zero attached hydrogens (tertiary/aromatic N) is 1. The second kappa shape index (κ2) is 5.18. The number of thiophene rings is 1. The molecule has 2 heterocycles. The zero-order valence-corrected chi connectivity index (χ0v) is 11.3. The van der Waals surface area contributed by atoms with Crippen LogP contribution in [0.3, 0.4) is 0 Å². The summed E-state index contributed by atoms with van der Waals surface area (Å²) in [5.41, 5.74) is 7.74. The van der Waals surface area contributed by atoms with Gasteiger partial charge in [0.05, 0.1) is 11.1 Å². The minimum absolute atomic E-state index is 0.411. The van der Waals surface area contributed by atoms with Crippen molar-refractivity contribution in [1.82, 2.24) is 4.98 Å².